The summed E-state index contributed by atoms with van der Waals surface area (Å²) in [4.78, 5) is 4.47. The zero-order valence-corrected chi connectivity index (χ0v) is 13.3. The van der Waals surface area contributed by atoms with E-state index in [4.69, 9.17) is 0 Å². The van der Waals surface area contributed by atoms with Crippen molar-refractivity contribution in [3.05, 3.63) is 64.1 Å². The quantitative estimate of drug-likeness (QED) is 0.633. The molecule has 3 nitrogen and oxygen atoms in total. The average Bonchev–Trinajstić information content (AvgIpc) is 2.84. The minimum atomic E-state index is -0.388. The van der Waals surface area contributed by atoms with Crippen molar-refractivity contribution in [2.75, 3.05) is 0 Å². The molecule has 5 heteroatoms. The number of allylic oxidation sites excluding steroid dienone is 1. The van der Waals surface area contributed by atoms with Gasteiger partial charge in [0.25, 0.3) is 0 Å². The zero-order chi connectivity index (χ0) is 15.7. The molecule has 3 rings (SSSR count). The Balaban J connectivity index is 2.16. The molecule has 0 aliphatic rings. The van der Waals surface area contributed by atoms with Gasteiger partial charge in [-0.3, -0.25) is 0 Å². The molecule has 0 aliphatic carbocycles. The van der Waals surface area contributed by atoms with Crippen LogP contribution < -0.4 is 0 Å². The summed E-state index contributed by atoms with van der Waals surface area (Å²) in [6.45, 7) is 0. The molecule has 0 amide bonds. The third-order valence-corrected chi connectivity index (χ3v) is 3.90. The van der Waals surface area contributed by atoms with Gasteiger partial charge in [-0.25, -0.2) is 9.37 Å². The zero-order valence-electron chi connectivity index (χ0n) is 11.7. The maximum Gasteiger partial charge on any atom is 0.151 e. The number of hydrogen-bond acceptors (Lipinski definition) is 2. The van der Waals surface area contributed by atoms with Crippen molar-refractivity contribution < 1.29 is 4.39 Å². The second-order valence-corrected chi connectivity index (χ2v) is 5.73. The summed E-state index contributed by atoms with van der Waals surface area (Å²) in [5.74, 6) is 0.131. The number of aromatic nitrogens is 2. The highest BCUT2D eigenvalue weighted by Gasteiger charge is 2.12. The van der Waals surface area contributed by atoms with E-state index in [2.05, 4.69) is 27.0 Å². The highest BCUT2D eigenvalue weighted by atomic mass is 79.9. The van der Waals surface area contributed by atoms with Crippen LogP contribution in [0.3, 0.4) is 0 Å². The van der Waals surface area contributed by atoms with Gasteiger partial charge >= 0.3 is 0 Å². The van der Waals surface area contributed by atoms with Crippen molar-refractivity contribution in [2.24, 2.45) is 7.05 Å². The monoisotopic (exact) mass is 355 g/mol. The predicted octanol–water partition coefficient (Wildman–Crippen LogP) is 4.54. The van der Waals surface area contributed by atoms with Crippen molar-refractivity contribution in [2.45, 2.75) is 0 Å². The lowest BCUT2D eigenvalue weighted by atomic mass is 10.1. The molecule has 3 aromatic rings. The molecule has 0 saturated carbocycles. The second kappa shape index (κ2) is 5.74. The molecule has 108 valence electrons. The third-order valence-electron chi connectivity index (χ3n) is 3.41. The van der Waals surface area contributed by atoms with E-state index in [1.807, 2.05) is 35.9 Å². The van der Waals surface area contributed by atoms with Crippen LogP contribution in [0.1, 0.15) is 11.4 Å². The predicted molar refractivity (Wildman–Crippen MR) is 88.3 cm³/mol. The topological polar surface area (TPSA) is 41.6 Å². The Labute approximate surface area is 135 Å². The van der Waals surface area contributed by atoms with Gasteiger partial charge in [0.1, 0.15) is 11.9 Å². The van der Waals surface area contributed by atoms with E-state index < -0.39 is 0 Å². The van der Waals surface area contributed by atoms with E-state index in [1.165, 1.54) is 12.1 Å². The summed E-state index contributed by atoms with van der Waals surface area (Å²) in [6.07, 6.45) is 1.52. The Hall–Kier alpha value is -2.45. The normalized spacial score (nSPS) is 11.6. The summed E-state index contributed by atoms with van der Waals surface area (Å²) < 4.78 is 16.4. The summed E-state index contributed by atoms with van der Waals surface area (Å²) in [5, 5.41) is 9.43. The number of benzene rings is 2. The Kier molecular flexibility index (Phi) is 3.78. The Morgan fingerprint density at radius 3 is 2.77 bits per heavy atom. The Bertz CT molecular complexity index is 935. The molecule has 0 atom stereocenters. The van der Waals surface area contributed by atoms with Gasteiger partial charge in [-0.05, 0) is 30.3 Å². The van der Waals surface area contributed by atoms with Gasteiger partial charge in [-0.1, -0.05) is 34.1 Å². The van der Waals surface area contributed by atoms with Crippen molar-refractivity contribution in [3.8, 4) is 6.07 Å². The van der Waals surface area contributed by atoms with Crippen LogP contribution in [0.4, 0.5) is 4.39 Å². The van der Waals surface area contributed by atoms with E-state index in [-0.39, 0.29) is 5.82 Å². The first kappa shape index (κ1) is 14.5. The number of rotatable bonds is 2. The fraction of sp³-hybridized carbons (Fsp3) is 0.0588. The molecule has 0 bridgehead atoms. The molecule has 1 heterocycles. The molecule has 2 aromatic carbocycles. The lowest BCUT2D eigenvalue weighted by Gasteiger charge is -2.02. The van der Waals surface area contributed by atoms with Gasteiger partial charge in [-0.2, -0.15) is 5.26 Å². The molecule has 1 aromatic heterocycles. The standard InChI is InChI=1S/C17H11BrFN3/c1-22-16-5-3-2-4-15(16)21-17(22)12(10-20)8-11-6-7-13(18)9-14(11)19/h2-9H,1H3/b12-8+. The van der Waals surface area contributed by atoms with Crippen LogP contribution in [-0.4, -0.2) is 9.55 Å². The number of fused-ring (bicyclic) bond motifs is 1. The van der Waals surface area contributed by atoms with Crippen LogP contribution in [-0.2, 0) is 7.05 Å². The fourth-order valence-electron chi connectivity index (χ4n) is 2.31. The average molecular weight is 356 g/mol. The number of aryl methyl sites for hydroxylation is 1. The van der Waals surface area contributed by atoms with Gasteiger partial charge in [-0.15, -0.1) is 0 Å². The lowest BCUT2D eigenvalue weighted by molar-refractivity contribution is 0.624. The van der Waals surface area contributed by atoms with Crippen molar-refractivity contribution in [1.29, 1.82) is 5.26 Å². The maximum atomic E-state index is 14.0. The van der Waals surface area contributed by atoms with E-state index in [1.54, 1.807) is 12.1 Å². The number of hydrogen-bond donors (Lipinski definition) is 0. The Morgan fingerprint density at radius 1 is 1.32 bits per heavy atom. The third kappa shape index (κ3) is 2.53. The molecule has 0 spiro atoms. The summed E-state index contributed by atoms with van der Waals surface area (Å²) in [6, 6.07) is 14.5. The first-order chi connectivity index (χ1) is 10.6. The van der Waals surface area contributed by atoms with Crippen molar-refractivity contribution in [1.82, 2.24) is 9.55 Å². The van der Waals surface area contributed by atoms with E-state index >= 15 is 0 Å². The molecule has 0 aliphatic heterocycles. The smallest absolute Gasteiger partial charge is 0.151 e. The van der Waals surface area contributed by atoms with Crippen LogP contribution in [0, 0.1) is 17.1 Å². The number of imidazole rings is 1. The van der Waals surface area contributed by atoms with Crippen molar-refractivity contribution in [3.63, 3.8) is 0 Å². The van der Waals surface area contributed by atoms with Crippen LogP contribution in [0.15, 0.2) is 46.9 Å². The molecule has 22 heavy (non-hydrogen) atoms. The molecule has 0 fully saturated rings. The Morgan fingerprint density at radius 2 is 2.09 bits per heavy atom. The van der Waals surface area contributed by atoms with Gasteiger partial charge in [0.2, 0.25) is 0 Å². The molecule has 0 saturated heterocycles. The molecule has 0 radical (unpaired) electrons. The minimum absolute atomic E-state index is 0.319. The molecular weight excluding hydrogens is 345 g/mol. The number of halogens is 2. The van der Waals surface area contributed by atoms with Gasteiger partial charge in [0.15, 0.2) is 5.82 Å². The summed E-state index contributed by atoms with van der Waals surface area (Å²) in [7, 11) is 1.84. The first-order valence-electron chi connectivity index (χ1n) is 6.59. The van der Waals surface area contributed by atoms with E-state index in [9.17, 15) is 9.65 Å². The van der Waals surface area contributed by atoms with Crippen LogP contribution in [0.2, 0.25) is 0 Å². The molecular formula is C17H11BrFN3. The summed E-state index contributed by atoms with van der Waals surface area (Å²) in [5.41, 5.74) is 2.40. The maximum absolute atomic E-state index is 14.0. The molecule has 0 unspecified atom stereocenters. The number of nitriles is 1. The van der Waals surface area contributed by atoms with Gasteiger partial charge in [0.05, 0.1) is 16.6 Å². The van der Waals surface area contributed by atoms with Gasteiger partial charge in [0, 0.05) is 17.1 Å². The SMILES string of the molecule is Cn1c(/C(C#N)=C/c2ccc(Br)cc2F)nc2ccccc21. The van der Waals surface area contributed by atoms with Crippen LogP contribution >= 0.6 is 15.9 Å². The van der Waals surface area contributed by atoms with E-state index in [0.717, 1.165) is 11.0 Å². The highest BCUT2D eigenvalue weighted by Crippen LogP contribution is 2.24. The first-order valence-corrected chi connectivity index (χ1v) is 7.38. The number of para-hydroxylation sites is 2. The van der Waals surface area contributed by atoms with Crippen LogP contribution in [0.5, 0.6) is 0 Å². The van der Waals surface area contributed by atoms with Gasteiger partial charge < -0.3 is 4.57 Å². The van der Waals surface area contributed by atoms with E-state index in [0.29, 0.717) is 21.4 Å². The van der Waals surface area contributed by atoms with Crippen LogP contribution in [0.25, 0.3) is 22.7 Å². The number of nitrogens with zero attached hydrogens (tertiary/aromatic N) is 3. The summed E-state index contributed by atoms with van der Waals surface area (Å²) >= 11 is 3.22. The minimum Gasteiger partial charge on any atom is -0.327 e. The lowest BCUT2D eigenvalue weighted by Crippen LogP contribution is -1.96. The highest BCUT2D eigenvalue weighted by molar-refractivity contribution is 9.10. The second-order valence-electron chi connectivity index (χ2n) is 4.82. The fourth-order valence-corrected chi connectivity index (χ4v) is 2.64. The molecule has 0 N–H and O–H groups in total. The van der Waals surface area contributed by atoms with Crippen molar-refractivity contribution >= 4 is 38.6 Å². The largest absolute Gasteiger partial charge is 0.327 e.